The summed E-state index contributed by atoms with van der Waals surface area (Å²) >= 11 is 0. The fourth-order valence-corrected chi connectivity index (χ4v) is 3.24. The molecule has 4 aromatic carbocycles. The molecule has 0 aliphatic rings. The molecule has 0 amide bonds. The van der Waals surface area contributed by atoms with Gasteiger partial charge >= 0.3 is 0 Å². The van der Waals surface area contributed by atoms with E-state index in [1.54, 1.807) is 12.1 Å². The average Bonchev–Trinajstić information content (AvgIpc) is 2.71. The maximum absolute atomic E-state index is 10.8. The second kappa shape index (κ2) is 8.46. The summed E-state index contributed by atoms with van der Waals surface area (Å²) in [7, 11) is 0. The van der Waals surface area contributed by atoms with Crippen LogP contribution in [0.4, 0.5) is 0 Å². The molecule has 3 N–H and O–H groups in total. The fourth-order valence-electron chi connectivity index (χ4n) is 3.24. The number of carbonyl (C=O) groups is 1. The third-order valence-electron chi connectivity index (χ3n) is 5.05. The van der Waals surface area contributed by atoms with Crippen molar-refractivity contribution in [3.05, 3.63) is 95.6 Å². The van der Waals surface area contributed by atoms with Crippen molar-refractivity contribution in [1.82, 2.24) is 0 Å². The highest BCUT2D eigenvalue weighted by molar-refractivity contribution is 6.01. The lowest BCUT2D eigenvalue weighted by Gasteiger charge is -2.18. The Hall–Kier alpha value is -3.17. The lowest BCUT2D eigenvalue weighted by Crippen LogP contribution is -2.47. The molecular weight excluding hydrogens is 358 g/mol. The van der Waals surface area contributed by atoms with Crippen LogP contribution in [0.5, 0.6) is 0 Å². The first-order chi connectivity index (χ1) is 13.8. The Labute approximate surface area is 171 Å². The molecule has 0 saturated heterocycles. The van der Waals surface area contributed by atoms with Crippen molar-refractivity contribution in [2.24, 2.45) is 0 Å². The van der Waals surface area contributed by atoms with Crippen LogP contribution in [-0.2, 0) is 12.0 Å². The number of quaternary nitrogens is 1. The number of hydrogen-bond donors (Lipinski definition) is 1. The zero-order valence-electron chi connectivity index (χ0n) is 17.2. The monoisotopic (exact) mass is 385 g/mol. The van der Waals surface area contributed by atoms with E-state index in [1.807, 2.05) is 36.4 Å². The van der Waals surface area contributed by atoms with Crippen LogP contribution >= 0.6 is 0 Å². The van der Waals surface area contributed by atoms with Gasteiger partial charge in [-0.25, -0.2) is 0 Å². The van der Waals surface area contributed by atoms with Gasteiger partial charge in [0.05, 0.1) is 12.5 Å². The summed E-state index contributed by atoms with van der Waals surface area (Å²) in [5, 5.41) is 15.0. The molecule has 148 valence electrons. The Morgan fingerprint density at radius 1 is 0.793 bits per heavy atom. The highest BCUT2D eigenvalue weighted by atomic mass is 16.4. The number of aromatic carboxylic acids is 1. The van der Waals surface area contributed by atoms with Crippen molar-refractivity contribution in [3.8, 4) is 0 Å². The van der Waals surface area contributed by atoms with E-state index in [9.17, 15) is 9.90 Å². The number of carboxylic acids is 1. The summed E-state index contributed by atoms with van der Waals surface area (Å²) in [4.78, 5) is 10.8. The maximum atomic E-state index is 10.8. The minimum Gasteiger partial charge on any atom is -0.545 e. The van der Waals surface area contributed by atoms with Gasteiger partial charge in [-0.3, -0.25) is 0 Å². The summed E-state index contributed by atoms with van der Waals surface area (Å²) in [6.07, 6.45) is 0. The molecule has 0 unspecified atom stereocenters. The Balaban J connectivity index is 0.000000177. The van der Waals surface area contributed by atoms with Gasteiger partial charge < -0.3 is 15.6 Å². The van der Waals surface area contributed by atoms with Gasteiger partial charge in [0, 0.05) is 5.56 Å². The maximum Gasteiger partial charge on any atom is 0.0997 e. The highest BCUT2D eigenvalue weighted by Gasteiger charge is 2.12. The molecule has 0 aliphatic heterocycles. The van der Waals surface area contributed by atoms with Gasteiger partial charge in [0.1, 0.15) is 0 Å². The van der Waals surface area contributed by atoms with Crippen molar-refractivity contribution in [1.29, 1.82) is 0 Å². The molecule has 0 spiro atoms. The van der Waals surface area contributed by atoms with Crippen LogP contribution < -0.4 is 10.8 Å². The van der Waals surface area contributed by atoms with E-state index >= 15 is 0 Å². The standard InChI is InChI=1S/C15H10O2.C11H17N/c16-15(17)13-6-5-12-7-10-3-1-2-4-11(10)8-14(12)9-13;1-11(2,3)10-6-4-9(8-12)5-7-10/h1-9H,(H,16,17);4-7H,8,12H2,1-3H3. The van der Waals surface area contributed by atoms with Crippen LogP contribution in [0.25, 0.3) is 21.5 Å². The van der Waals surface area contributed by atoms with Gasteiger partial charge in [-0.15, -0.1) is 0 Å². The first-order valence-electron chi connectivity index (χ1n) is 9.80. The summed E-state index contributed by atoms with van der Waals surface area (Å²) in [6, 6.07) is 25.8. The van der Waals surface area contributed by atoms with Crippen molar-refractivity contribution >= 4 is 27.5 Å². The topological polar surface area (TPSA) is 67.8 Å². The zero-order valence-corrected chi connectivity index (χ0v) is 17.2. The van der Waals surface area contributed by atoms with Crippen LogP contribution in [0.15, 0.2) is 78.9 Å². The molecule has 0 fully saturated rings. The van der Waals surface area contributed by atoms with Crippen molar-refractivity contribution in [2.45, 2.75) is 32.7 Å². The molecule has 29 heavy (non-hydrogen) atoms. The lowest BCUT2D eigenvalue weighted by atomic mass is 9.87. The number of carbonyl (C=O) groups excluding carboxylic acids is 1. The SMILES string of the molecule is CC(C)(C)c1ccc(C[NH3+])cc1.O=C([O-])c1ccc2cc3ccccc3cc2c1. The van der Waals surface area contributed by atoms with Gasteiger partial charge in [0.2, 0.25) is 0 Å². The van der Waals surface area contributed by atoms with Crippen molar-refractivity contribution in [3.63, 3.8) is 0 Å². The number of fused-ring (bicyclic) bond motifs is 2. The summed E-state index contributed by atoms with van der Waals surface area (Å²) in [5.41, 5.74) is 7.02. The third kappa shape index (κ3) is 5.01. The summed E-state index contributed by atoms with van der Waals surface area (Å²) in [5.74, 6) is -1.14. The average molecular weight is 386 g/mol. The molecule has 3 heteroatoms. The Bertz CT molecular complexity index is 1140. The zero-order chi connectivity index (χ0) is 21.0. The van der Waals surface area contributed by atoms with Crippen LogP contribution in [0.1, 0.15) is 42.3 Å². The molecule has 0 saturated carbocycles. The number of hydrogen-bond acceptors (Lipinski definition) is 2. The number of carboxylic acid groups (broad SMARTS) is 1. The van der Waals surface area contributed by atoms with E-state index in [0.29, 0.717) is 0 Å². The van der Waals surface area contributed by atoms with Crippen LogP contribution in [0, 0.1) is 0 Å². The molecule has 0 radical (unpaired) electrons. The van der Waals surface area contributed by atoms with Crippen LogP contribution in [0.3, 0.4) is 0 Å². The molecule has 3 nitrogen and oxygen atoms in total. The van der Waals surface area contributed by atoms with E-state index < -0.39 is 5.97 Å². The number of rotatable bonds is 2. The summed E-state index contributed by atoms with van der Waals surface area (Å²) < 4.78 is 0. The van der Waals surface area contributed by atoms with Crippen molar-refractivity contribution in [2.75, 3.05) is 0 Å². The molecule has 0 atom stereocenters. The first kappa shape index (κ1) is 20.6. The predicted octanol–water partition coefficient (Wildman–Crippen LogP) is 4.08. The van der Waals surface area contributed by atoms with E-state index in [2.05, 4.69) is 56.8 Å². The molecule has 4 rings (SSSR count). The third-order valence-corrected chi connectivity index (χ3v) is 5.05. The molecule has 0 aromatic heterocycles. The van der Waals surface area contributed by atoms with E-state index in [4.69, 9.17) is 0 Å². The van der Waals surface area contributed by atoms with Gasteiger partial charge in [-0.1, -0.05) is 81.4 Å². The normalized spacial score (nSPS) is 11.2. The molecule has 0 bridgehead atoms. The van der Waals surface area contributed by atoms with E-state index in [0.717, 1.165) is 28.1 Å². The molecule has 4 aromatic rings. The van der Waals surface area contributed by atoms with Crippen LogP contribution in [-0.4, -0.2) is 5.97 Å². The fraction of sp³-hybridized carbons (Fsp3) is 0.192. The second-order valence-corrected chi connectivity index (χ2v) is 8.25. The van der Waals surface area contributed by atoms with Gasteiger partial charge in [-0.05, 0) is 56.3 Å². The largest absolute Gasteiger partial charge is 0.545 e. The molecular formula is C26H27NO2. The summed E-state index contributed by atoms with van der Waals surface area (Å²) in [6.45, 7) is 7.56. The van der Waals surface area contributed by atoms with Crippen molar-refractivity contribution < 1.29 is 15.6 Å². The predicted molar refractivity (Wildman–Crippen MR) is 118 cm³/mol. The minimum atomic E-state index is -1.14. The van der Waals surface area contributed by atoms with Crippen LogP contribution in [0.2, 0.25) is 0 Å². The second-order valence-electron chi connectivity index (χ2n) is 8.25. The smallest absolute Gasteiger partial charge is 0.0997 e. The molecule has 0 heterocycles. The van der Waals surface area contributed by atoms with Gasteiger partial charge in [-0.2, -0.15) is 0 Å². The highest BCUT2D eigenvalue weighted by Crippen LogP contribution is 2.24. The molecule has 0 aliphatic carbocycles. The van der Waals surface area contributed by atoms with Gasteiger partial charge in [0.25, 0.3) is 0 Å². The Morgan fingerprint density at radius 3 is 1.86 bits per heavy atom. The van der Waals surface area contributed by atoms with E-state index in [1.165, 1.54) is 11.1 Å². The first-order valence-corrected chi connectivity index (χ1v) is 9.80. The lowest BCUT2D eigenvalue weighted by molar-refractivity contribution is -0.386. The van der Waals surface area contributed by atoms with E-state index in [-0.39, 0.29) is 11.0 Å². The number of benzene rings is 4. The Morgan fingerprint density at radius 2 is 1.34 bits per heavy atom. The minimum absolute atomic E-state index is 0.216. The quantitative estimate of drug-likeness (QED) is 0.528. The van der Waals surface area contributed by atoms with Gasteiger partial charge in [0.15, 0.2) is 0 Å². The Kier molecular flexibility index (Phi) is 6.00.